The number of carbonyl (C=O) groups is 1. The van der Waals surface area contributed by atoms with Crippen LogP contribution in [0.25, 0.3) is 0 Å². The van der Waals surface area contributed by atoms with Gasteiger partial charge in [-0.05, 0) is 47.0 Å². The smallest absolute Gasteiger partial charge is 0.427 e. The molecule has 0 spiro atoms. The van der Waals surface area contributed by atoms with Crippen LogP contribution in [0.1, 0.15) is 47.0 Å². The van der Waals surface area contributed by atoms with Crippen LogP contribution in [0.4, 0.5) is 0 Å². The Balaban J connectivity index is 1.93. The Morgan fingerprint density at radius 3 is 2.14 bits per heavy atom. The van der Waals surface area contributed by atoms with Gasteiger partial charge in [-0.3, -0.25) is 14.6 Å². The Kier molecular flexibility index (Phi) is 5.70. The van der Waals surface area contributed by atoms with Gasteiger partial charge in [0, 0.05) is 49.5 Å². The molecule has 1 heterocycles. The van der Waals surface area contributed by atoms with Crippen LogP contribution in [0.2, 0.25) is 5.82 Å². The molecular formula is C16H31BN2O3. The Hall–Kier alpha value is -0.425. The molecule has 0 amide bonds. The fraction of sp³-hybridized carbons (Fsp3) is 0.938. The van der Waals surface area contributed by atoms with Gasteiger partial charge in [0.2, 0.25) is 0 Å². The van der Waals surface area contributed by atoms with Crippen LogP contribution < -0.4 is 0 Å². The highest BCUT2D eigenvalue weighted by Crippen LogP contribution is 2.38. The van der Waals surface area contributed by atoms with E-state index in [0.717, 1.165) is 45.4 Å². The molecule has 126 valence electrons. The van der Waals surface area contributed by atoms with E-state index in [1.165, 1.54) is 0 Å². The predicted octanol–water partition coefficient (Wildman–Crippen LogP) is 1.00. The third-order valence-corrected chi connectivity index (χ3v) is 5.56. The Morgan fingerprint density at radius 2 is 1.68 bits per heavy atom. The first-order valence-electron chi connectivity index (χ1n) is 8.56. The van der Waals surface area contributed by atoms with E-state index >= 15 is 0 Å². The molecule has 2 rings (SSSR count). The summed E-state index contributed by atoms with van der Waals surface area (Å²) in [5.41, 5.74) is 0.215. The summed E-state index contributed by atoms with van der Waals surface area (Å²) in [6, 6.07) is 0.408. The fourth-order valence-corrected chi connectivity index (χ4v) is 4.09. The van der Waals surface area contributed by atoms with E-state index in [-0.39, 0.29) is 23.1 Å². The topological polar surface area (TPSA) is 64.0 Å². The highest BCUT2D eigenvalue weighted by atomic mass is 16.4. The van der Waals surface area contributed by atoms with Crippen molar-refractivity contribution in [3.8, 4) is 0 Å². The van der Waals surface area contributed by atoms with E-state index < -0.39 is 7.12 Å². The lowest BCUT2D eigenvalue weighted by molar-refractivity contribution is -0.122. The molecule has 5 nitrogen and oxygen atoms in total. The van der Waals surface area contributed by atoms with E-state index in [0.29, 0.717) is 6.04 Å². The second kappa shape index (κ2) is 6.99. The lowest BCUT2D eigenvalue weighted by atomic mass is 9.58. The van der Waals surface area contributed by atoms with Crippen LogP contribution in [0.3, 0.4) is 0 Å². The molecule has 1 saturated carbocycles. The first-order valence-corrected chi connectivity index (χ1v) is 8.56. The number of piperazine rings is 1. The summed E-state index contributed by atoms with van der Waals surface area (Å²) in [5, 5.41) is 19.0. The molecule has 3 atom stereocenters. The van der Waals surface area contributed by atoms with Crippen LogP contribution in [0, 0.1) is 5.92 Å². The second-order valence-corrected chi connectivity index (χ2v) is 7.96. The van der Waals surface area contributed by atoms with E-state index in [1.54, 1.807) is 6.92 Å². The number of nitrogens with zero attached hydrogens (tertiary/aromatic N) is 2. The number of Topliss-reactive ketones (excluding diaryl/α,β-unsaturated/α-hetero) is 1. The zero-order valence-corrected chi connectivity index (χ0v) is 14.5. The monoisotopic (exact) mass is 310 g/mol. The third kappa shape index (κ3) is 4.10. The van der Waals surface area contributed by atoms with Crippen molar-refractivity contribution < 1.29 is 14.8 Å². The summed E-state index contributed by atoms with van der Waals surface area (Å²) >= 11 is 0. The lowest BCUT2D eigenvalue weighted by Gasteiger charge is -2.47. The van der Waals surface area contributed by atoms with Gasteiger partial charge in [0.15, 0.2) is 0 Å². The van der Waals surface area contributed by atoms with Crippen molar-refractivity contribution >= 4 is 12.9 Å². The van der Waals surface area contributed by atoms with Crippen LogP contribution in [0.5, 0.6) is 0 Å². The molecule has 0 aromatic rings. The minimum atomic E-state index is -1.37. The van der Waals surface area contributed by atoms with Crippen molar-refractivity contribution in [3.05, 3.63) is 0 Å². The molecule has 0 bridgehead atoms. The molecule has 1 aliphatic carbocycles. The molecule has 0 aromatic heterocycles. The van der Waals surface area contributed by atoms with Gasteiger partial charge in [0.05, 0.1) is 0 Å². The first-order chi connectivity index (χ1) is 10.2. The van der Waals surface area contributed by atoms with Crippen molar-refractivity contribution in [2.45, 2.75) is 64.4 Å². The first kappa shape index (κ1) is 17.9. The van der Waals surface area contributed by atoms with Crippen molar-refractivity contribution in [1.29, 1.82) is 0 Å². The maximum atomic E-state index is 11.9. The van der Waals surface area contributed by atoms with Gasteiger partial charge in [-0.25, -0.2) is 0 Å². The molecular weight excluding hydrogens is 279 g/mol. The third-order valence-electron chi connectivity index (χ3n) is 5.56. The molecule has 22 heavy (non-hydrogen) atoms. The molecule has 3 unspecified atom stereocenters. The maximum Gasteiger partial charge on any atom is 0.455 e. The summed E-state index contributed by atoms with van der Waals surface area (Å²) in [6.45, 7) is 12.6. The Bertz CT molecular complexity index is 389. The average molecular weight is 310 g/mol. The molecule has 1 aliphatic heterocycles. The fourth-order valence-electron chi connectivity index (χ4n) is 4.09. The van der Waals surface area contributed by atoms with Crippen molar-refractivity contribution in [3.63, 3.8) is 0 Å². The number of rotatable bonds is 3. The van der Waals surface area contributed by atoms with Gasteiger partial charge in [-0.2, -0.15) is 0 Å². The largest absolute Gasteiger partial charge is 0.455 e. The SMILES string of the molecule is CC(=O)C1CC(N2CCN(C(C)(C)C)CC2)CCC1B(O)O. The average Bonchev–Trinajstić information content (AvgIpc) is 2.45. The minimum absolute atomic E-state index is 0.0936. The maximum absolute atomic E-state index is 11.9. The van der Waals surface area contributed by atoms with Gasteiger partial charge in [-0.15, -0.1) is 0 Å². The van der Waals surface area contributed by atoms with E-state index in [4.69, 9.17) is 0 Å². The predicted molar refractivity (Wildman–Crippen MR) is 88.7 cm³/mol. The van der Waals surface area contributed by atoms with Gasteiger partial charge in [0.25, 0.3) is 0 Å². The Morgan fingerprint density at radius 1 is 1.09 bits per heavy atom. The standard InChI is InChI=1S/C16H31BN2O3/c1-12(20)14-11-13(5-6-15(14)17(21)22)18-7-9-19(10-8-18)16(2,3)4/h13-15,21-22H,5-11H2,1-4H3. The van der Waals surface area contributed by atoms with Gasteiger partial charge in [0.1, 0.15) is 5.78 Å². The molecule has 2 N–H and O–H groups in total. The molecule has 0 aromatic carbocycles. The summed E-state index contributed by atoms with van der Waals surface area (Å²) in [7, 11) is -1.37. The highest BCUT2D eigenvalue weighted by Gasteiger charge is 2.41. The summed E-state index contributed by atoms with van der Waals surface area (Å²) in [4.78, 5) is 16.9. The summed E-state index contributed by atoms with van der Waals surface area (Å²) in [5.74, 6) is -0.403. The van der Waals surface area contributed by atoms with Crippen molar-refractivity contribution in [1.82, 2.24) is 9.80 Å². The van der Waals surface area contributed by atoms with Gasteiger partial charge >= 0.3 is 7.12 Å². The van der Waals surface area contributed by atoms with Crippen LogP contribution in [-0.2, 0) is 4.79 Å². The number of hydrogen-bond donors (Lipinski definition) is 2. The van der Waals surface area contributed by atoms with E-state index in [1.807, 2.05) is 0 Å². The normalized spacial score (nSPS) is 32.0. The molecule has 1 saturated heterocycles. The number of hydrogen-bond acceptors (Lipinski definition) is 5. The lowest BCUT2D eigenvalue weighted by Crippen LogP contribution is -2.56. The second-order valence-electron chi connectivity index (χ2n) is 7.96. The number of ketones is 1. The van der Waals surface area contributed by atoms with E-state index in [2.05, 4.69) is 30.6 Å². The Labute approximate surface area is 134 Å². The van der Waals surface area contributed by atoms with E-state index in [9.17, 15) is 14.8 Å². The van der Waals surface area contributed by atoms with Crippen LogP contribution in [-0.4, -0.2) is 70.5 Å². The summed E-state index contributed by atoms with van der Waals surface area (Å²) in [6.07, 6.45) is 2.46. The zero-order chi connectivity index (χ0) is 16.5. The molecule has 0 radical (unpaired) electrons. The van der Waals surface area contributed by atoms with Crippen molar-refractivity contribution in [2.75, 3.05) is 26.2 Å². The van der Waals surface area contributed by atoms with Crippen LogP contribution in [0.15, 0.2) is 0 Å². The summed E-state index contributed by atoms with van der Waals surface area (Å²) < 4.78 is 0. The van der Waals surface area contributed by atoms with Gasteiger partial charge < -0.3 is 10.0 Å². The number of carbonyl (C=O) groups excluding carboxylic acids is 1. The van der Waals surface area contributed by atoms with Crippen LogP contribution >= 0.6 is 0 Å². The molecule has 2 fully saturated rings. The zero-order valence-electron chi connectivity index (χ0n) is 14.5. The molecule has 6 heteroatoms. The minimum Gasteiger partial charge on any atom is -0.427 e. The van der Waals surface area contributed by atoms with Crippen molar-refractivity contribution in [2.24, 2.45) is 5.92 Å². The van der Waals surface area contributed by atoms with Gasteiger partial charge in [-0.1, -0.05) is 0 Å². The highest BCUT2D eigenvalue weighted by molar-refractivity contribution is 6.43. The quantitative estimate of drug-likeness (QED) is 0.762. The molecule has 2 aliphatic rings.